The van der Waals surface area contributed by atoms with Gasteiger partial charge in [-0.1, -0.05) is 16.7 Å². The summed E-state index contributed by atoms with van der Waals surface area (Å²) in [6.45, 7) is 0. The van der Waals surface area contributed by atoms with Gasteiger partial charge < -0.3 is 9.73 Å². The minimum atomic E-state index is -0.487. The second kappa shape index (κ2) is 4.67. The number of benzene rings is 1. The average molecular weight is 262 g/mol. The van der Waals surface area contributed by atoms with Gasteiger partial charge in [0.1, 0.15) is 11.7 Å². The van der Waals surface area contributed by atoms with Crippen LogP contribution in [-0.2, 0) is 5.88 Å². The zero-order chi connectivity index (χ0) is 11.5. The van der Waals surface area contributed by atoms with Gasteiger partial charge in [0.2, 0.25) is 5.89 Å². The second-order valence-corrected chi connectivity index (χ2v) is 3.56. The lowest BCUT2D eigenvalue weighted by Crippen LogP contribution is -1.91. The molecule has 0 atom stereocenters. The van der Waals surface area contributed by atoms with Gasteiger partial charge in [-0.25, -0.2) is 4.39 Å². The maximum atomic E-state index is 12.9. The van der Waals surface area contributed by atoms with Crippen molar-refractivity contribution in [3.05, 3.63) is 34.9 Å². The molecule has 0 radical (unpaired) electrons. The highest BCUT2D eigenvalue weighted by molar-refractivity contribution is 6.31. The molecule has 7 heteroatoms. The third kappa shape index (κ3) is 2.43. The molecule has 2 rings (SSSR count). The zero-order valence-corrected chi connectivity index (χ0v) is 9.39. The van der Waals surface area contributed by atoms with Crippen LogP contribution in [0.5, 0.6) is 0 Å². The molecule has 4 nitrogen and oxygen atoms in total. The Hall–Kier alpha value is -1.33. The molecule has 0 spiro atoms. The van der Waals surface area contributed by atoms with Gasteiger partial charge in [0.05, 0.1) is 5.02 Å². The van der Waals surface area contributed by atoms with Gasteiger partial charge in [0, 0.05) is 5.69 Å². The lowest BCUT2D eigenvalue weighted by Gasteiger charge is -2.01. The van der Waals surface area contributed by atoms with Gasteiger partial charge in [0.25, 0.3) is 0 Å². The predicted octanol–water partition coefficient (Wildman–Crippen LogP) is 3.34. The average Bonchev–Trinajstić information content (AvgIpc) is 2.71. The van der Waals surface area contributed by atoms with Crippen molar-refractivity contribution in [3.8, 4) is 0 Å². The van der Waals surface area contributed by atoms with Crippen molar-refractivity contribution in [1.82, 2.24) is 10.2 Å². The van der Waals surface area contributed by atoms with Crippen LogP contribution in [0.25, 0.3) is 0 Å². The fraction of sp³-hybridized carbons (Fsp3) is 0.111. The number of hydrogen-bond donors (Lipinski definition) is 1. The van der Waals surface area contributed by atoms with Gasteiger partial charge in [-0.3, -0.25) is 0 Å². The van der Waals surface area contributed by atoms with E-state index in [1.807, 2.05) is 0 Å². The molecule has 1 N–H and O–H groups in total. The standard InChI is InChI=1S/C9H6Cl2FN3O/c10-4-8-14-15-9(16-8)13-5-1-2-7(12)6(11)3-5/h1-3H,4H2,(H,13,15). The number of halogens is 3. The molecule has 16 heavy (non-hydrogen) atoms. The van der Waals surface area contributed by atoms with E-state index in [0.29, 0.717) is 11.6 Å². The van der Waals surface area contributed by atoms with Gasteiger partial charge >= 0.3 is 6.01 Å². The topological polar surface area (TPSA) is 51.0 Å². The summed E-state index contributed by atoms with van der Waals surface area (Å²) in [6, 6.07) is 4.34. The van der Waals surface area contributed by atoms with Crippen LogP contribution in [-0.4, -0.2) is 10.2 Å². The Morgan fingerprint density at radius 3 is 2.81 bits per heavy atom. The molecule has 1 aromatic heterocycles. The SMILES string of the molecule is Fc1ccc(Nc2nnc(CCl)o2)cc1Cl. The minimum absolute atomic E-state index is 0.0158. The second-order valence-electron chi connectivity index (χ2n) is 2.89. The molecule has 1 heterocycles. The summed E-state index contributed by atoms with van der Waals surface area (Å²) in [5.74, 6) is -0.0460. The highest BCUT2D eigenvalue weighted by Crippen LogP contribution is 2.22. The van der Waals surface area contributed by atoms with Crippen molar-refractivity contribution >= 4 is 34.9 Å². The number of nitrogens with zero attached hydrogens (tertiary/aromatic N) is 2. The Bertz CT molecular complexity index is 503. The molecule has 1 aromatic carbocycles. The third-order valence-electron chi connectivity index (χ3n) is 1.75. The van der Waals surface area contributed by atoms with Crippen molar-refractivity contribution < 1.29 is 8.81 Å². The van der Waals surface area contributed by atoms with E-state index in [4.69, 9.17) is 27.6 Å². The van der Waals surface area contributed by atoms with Crippen molar-refractivity contribution in [3.63, 3.8) is 0 Å². The first kappa shape index (κ1) is 11.2. The van der Waals surface area contributed by atoms with E-state index in [1.54, 1.807) is 0 Å². The molecule has 0 saturated heterocycles. The van der Waals surface area contributed by atoms with E-state index in [1.165, 1.54) is 18.2 Å². The van der Waals surface area contributed by atoms with Crippen LogP contribution in [0, 0.1) is 5.82 Å². The summed E-state index contributed by atoms with van der Waals surface area (Å²) in [5, 5.41) is 10.1. The van der Waals surface area contributed by atoms with Crippen molar-refractivity contribution in [2.75, 3.05) is 5.32 Å². The highest BCUT2D eigenvalue weighted by atomic mass is 35.5. The van der Waals surface area contributed by atoms with Gasteiger partial charge in [-0.2, -0.15) is 0 Å². The van der Waals surface area contributed by atoms with Crippen molar-refractivity contribution in [2.24, 2.45) is 0 Å². The first-order valence-electron chi connectivity index (χ1n) is 4.29. The van der Waals surface area contributed by atoms with E-state index in [9.17, 15) is 4.39 Å². The number of anilines is 2. The van der Waals surface area contributed by atoms with Crippen molar-refractivity contribution in [1.29, 1.82) is 0 Å². The van der Waals surface area contributed by atoms with E-state index >= 15 is 0 Å². The molecular formula is C9H6Cl2FN3O. The summed E-state index contributed by atoms with van der Waals surface area (Å²) in [4.78, 5) is 0. The van der Waals surface area contributed by atoms with Gasteiger partial charge in [0.15, 0.2) is 0 Å². The van der Waals surface area contributed by atoms with Crippen LogP contribution in [0.15, 0.2) is 22.6 Å². The Kier molecular flexibility index (Phi) is 3.26. The van der Waals surface area contributed by atoms with Crippen LogP contribution in [0.4, 0.5) is 16.1 Å². The van der Waals surface area contributed by atoms with Crippen molar-refractivity contribution in [2.45, 2.75) is 5.88 Å². The molecule has 0 aliphatic rings. The summed E-state index contributed by atoms with van der Waals surface area (Å²) < 4.78 is 18.0. The molecule has 2 aromatic rings. The summed E-state index contributed by atoms with van der Waals surface area (Å²) in [5.41, 5.74) is 0.552. The molecule has 0 bridgehead atoms. The Morgan fingerprint density at radius 2 is 2.19 bits per heavy atom. The number of alkyl halides is 1. The van der Waals surface area contributed by atoms with E-state index in [-0.39, 0.29) is 16.9 Å². The minimum Gasteiger partial charge on any atom is -0.407 e. The van der Waals surface area contributed by atoms with E-state index in [0.717, 1.165) is 0 Å². The molecule has 0 fully saturated rings. The number of hydrogen-bond acceptors (Lipinski definition) is 4. The third-order valence-corrected chi connectivity index (χ3v) is 2.27. The number of aromatic nitrogens is 2. The summed E-state index contributed by atoms with van der Waals surface area (Å²) in [6.07, 6.45) is 0. The highest BCUT2D eigenvalue weighted by Gasteiger charge is 2.06. The smallest absolute Gasteiger partial charge is 0.320 e. The Balaban J connectivity index is 2.17. The number of rotatable bonds is 3. The first-order chi connectivity index (χ1) is 7.69. The van der Waals surface area contributed by atoms with Crippen LogP contribution in [0.3, 0.4) is 0 Å². The summed E-state index contributed by atoms with van der Waals surface area (Å²) in [7, 11) is 0. The molecular weight excluding hydrogens is 256 g/mol. The van der Waals surface area contributed by atoms with Gasteiger partial charge in [-0.15, -0.1) is 16.7 Å². The van der Waals surface area contributed by atoms with Crippen LogP contribution in [0.2, 0.25) is 5.02 Å². The maximum absolute atomic E-state index is 12.9. The molecule has 0 aliphatic carbocycles. The summed E-state index contributed by atoms with van der Waals surface area (Å²) >= 11 is 11.1. The lowest BCUT2D eigenvalue weighted by molar-refractivity contribution is 0.530. The first-order valence-corrected chi connectivity index (χ1v) is 5.20. The molecule has 0 aliphatic heterocycles. The van der Waals surface area contributed by atoms with E-state index in [2.05, 4.69) is 15.5 Å². The monoisotopic (exact) mass is 261 g/mol. The Morgan fingerprint density at radius 1 is 1.38 bits per heavy atom. The largest absolute Gasteiger partial charge is 0.407 e. The molecule has 84 valence electrons. The fourth-order valence-corrected chi connectivity index (χ4v) is 1.34. The quantitative estimate of drug-likeness (QED) is 0.862. The van der Waals surface area contributed by atoms with Crippen LogP contribution >= 0.6 is 23.2 Å². The molecule has 0 unspecified atom stereocenters. The number of nitrogens with one attached hydrogen (secondary N) is 1. The normalized spacial score (nSPS) is 10.4. The molecule has 0 saturated carbocycles. The Labute approximate surface area is 100 Å². The van der Waals surface area contributed by atoms with Gasteiger partial charge in [-0.05, 0) is 18.2 Å². The fourth-order valence-electron chi connectivity index (χ4n) is 1.06. The lowest BCUT2D eigenvalue weighted by atomic mass is 10.3. The molecule has 0 amide bonds. The van der Waals surface area contributed by atoms with Crippen LogP contribution in [0.1, 0.15) is 5.89 Å². The predicted molar refractivity (Wildman–Crippen MR) is 58.5 cm³/mol. The van der Waals surface area contributed by atoms with Crippen LogP contribution < -0.4 is 5.32 Å². The zero-order valence-electron chi connectivity index (χ0n) is 7.88. The van der Waals surface area contributed by atoms with E-state index < -0.39 is 5.82 Å². The maximum Gasteiger partial charge on any atom is 0.320 e.